The van der Waals surface area contributed by atoms with Crippen LogP contribution in [0.15, 0.2) is 28.9 Å². The summed E-state index contributed by atoms with van der Waals surface area (Å²) in [6, 6.07) is 5.59. The number of amides is 1. The SMILES string of the molecule is C[C@H]1CCc2c(sc(NC(=O)COC(=O)/C=C/c3ccco3)c2C#N)C1. The molecular formula is C19H18N2O4S. The van der Waals surface area contributed by atoms with Crippen LogP contribution >= 0.6 is 11.3 Å². The van der Waals surface area contributed by atoms with Crippen LogP contribution < -0.4 is 5.32 Å². The third-order valence-electron chi connectivity index (χ3n) is 4.15. The molecule has 6 nitrogen and oxygen atoms in total. The maximum Gasteiger partial charge on any atom is 0.331 e. The van der Waals surface area contributed by atoms with Crippen molar-refractivity contribution in [2.75, 3.05) is 11.9 Å². The van der Waals surface area contributed by atoms with Crippen LogP contribution in [0.1, 0.15) is 35.1 Å². The summed E-state index contributed by atoms with van der Waals surface area (Å²) in [6.45, 7) is 1.77. The van der Waals surface area contributed by atoms with E-state index in [1.165, 1.54) is 29.8 Å². The first-order valence-corrected chi connectivity index (χ1v) is 9.11. The van der Waals surface area contributed by atoms with Crippen LogP contribution in [-0.4, -0.2) is 18.5 Å². The Balaban J connectivity index is 1.57. The van der Waals surface area contributed by atoms with E-state index in [0.29, 0.717) is 22.2 Å². The first-order valence-electron chi connectivity index (χ1n) is 8.29. The molecule has 7 heteroatoms. The number of anilines is 1. The van der Waals surface area contributed by atoms with Crippen molar-refractivity contribution in [2.24, 2.45) is 5.92 Å². The molecule has 0 saturated carbocycles. The van der Waals surface area contributed by atoms with Gasteiger partial charge in [0.2, 0.25) is 0 Å². The molecule has 0 radical (unpaired) electrons. The number of nitriles is 1. The minimum Gasteiger partial charge on any atom is -0.465 e. The molecule has 26 heavy (non-hydrogen) atoms. The highest BCUT2D eigenvalue weighted by Gasteiger charge is 2.24. The van der Waals surface area contributed by atoms with E-state index in [0.717, 1.165) is 29.7 Å². The molecule has 1 atom stereocenters. The van der Waals surface area contributed by atoms with Gasteiger partial charge in [-0.15, -0.1) is 11.3 Å². The molecule has 1 aliphatic carbocycles. The number of carbonyl (C=O) groups excluding carboxylic acids is 2. The summed E-state index contributed by atoms with van der Waals surface area (Å²) in [6.07, 6.45) is 6.98. The second kappa shape index (κ2) is 8.02. The van der Waals surface area contributed by atoms with Gasteiger partial charge in [0.15, 0.2) is 6.61 Å². The summed E-state index contributed by atoms with van der Waals surface area (Å²) >= 11 is 1.44. The van der Waals surface area contributed by atoms with E-state index < -0.39 is 18.5 Å². The number of nitrogens with zero attached hydrogens (tertiary/aromatic N) is 1. The molecule has 3 rings (SSSR count). The number of thiophene rings is 1. The number of furan rings is 1. The number of ether oxygens (including phenoxy) is 1. The Hall–Kier alpha value is -2.85. The number of carbonyl (C=O) groups is 2. The van der Waals surface area contributed by atoms with Gasteiger partial charge in [-0.1, -0.05) is 6.92 Å². The summed E-state index contributed by atoms with van der Waals surface area (Å²) in [5, 5.41) is 12.7. The maximum atomic E-state index is 12.1. The second-order valence-corrected chi connectivity index (χ2v) is 7.28. The Morgan fingerprint density at radius 3 is 3.12 bits per heavy atom. The largest absolute Gasteiger partial charge is 0.465 e. The lowest BCUT2D eigenvalue weighted by Crippen LogP contribution is -2.20. The minimum atomic E-state index is -0.642. The quantitative estimate of drug-likeness (QED) is 0.642. The van der Waals surface area contributed by atoms with Gasteiger partial charge in [-0.25, -0.2) is 4.79 Å². The fraction of sp³-hybridized carbons (Fsp3) is 0.316. The van der Waals surface area contributed by atoms with Crippen LogP contribution in [0.25, 0.3) is 6.08 Å². The van der Waals surface area contributed by atoms with Crippen LogP contribution in [0.5, 0.6) is 0 Å². The molecule has 2 aromatic heterocycles. The van der Waals surface area contributed by atoms with Crippen LogP contribution in [0.4, 0.5) is 5.00 Å². The van der Waals surface area contributed by atoms with E-state index in [4.69, 9.17) is 9.15 Å². The molecule has 0 aliphatic heterocycles. The van der Waals surface area contributed by atoms with Crippen LogP contribution in [0, 0.1) is 17.2 Å². The first-order chi connectivity index (χ1) is 12.6. The Morgan fingerprint density at radius 2 is 2.38 bits per heavy atom. The maximum absolute atomic E-state index is 12.1. The van der Waals surface area contributed by atoms with Gasteiger partial charge < -0.3 is 14.5 Å². The van der Waals surface area contributed by atoms with Crippen LogP contribution in [-0.2, 0) is 27.2 Å². The van der Waals surface area contributed by atoms with Crippen LogP contribution in [0.3, 0.4) is 0 Å². The van der Waals surface area contributed by atoms with Crippen molar-refractivity contribution < 1.29 is 18.7 Å². The molecule has 0 fully saturated rings. The highest BCUT2D eigenvalue weighted by molar-refractivity contribution is 7.16. The van der Waals surface area contributed by atoms with E-state index >= 15 is 0 Å². The summed E-state index contributed by atoms with van der Waals surface area (Å²) in [7, 11) is 0. The van der Waals surface area contributed by atoms with Crippen molar-refractivity contribution in [3.8, 4) is 6.07 Å². The van der Waals surface area contributed by atoms with Crippen LogP contribution in [0.2, 0.25) is 0 Å². The molecule has 2 heterocycles. The smallest absolute Gasteiger partial charge is 0.331 e. The molecule has 0 bridgehead atoms. The fourth-order valence-corrected chi connectivity index (χ4v) is 4.22. The fourth-order valence-electron chi connectivity index (χ4n) is 2.84. The lowest BCUT2D eigenvalue weighted by atomic mass is 9.89. The molecule has 134 valence electrons. The van der Waals surface area contributed by atoms with Crippen molar-refractivity contribution in [3.05, 3.63) is 46.2 Å². The minimum absolute atomic E-state index is 0.412. The number of hydrogen-bond donors (Lipinski definition) is 1. The number of hydrogen-bond acceptors (Lipinski definition) is 6. The van der Waals surface area contributed by atoms with Gasteiger partial charge in [-0.2, -0.15) is 5.26 Å². The normalized spacial score (nSPS) is 16.1. The van der Waals surface area contributed by atoms with Crippen molar-refractivity contribution in [1.82, 2.24) is 0 Å². The summed E-state index contributed by atoms with van der Waals surface area (Å²) in [4.78, 5) is 24.9. The zero-order valence-corrected chi connectivity index (χ0v) is 15.1. The van der Waals surface area contributed by atoms with Gasteiger partial charge in [0, 0.05) is 11.0 Å². The predicted molar refractivity (Wildman–Crippen MR) is 97.6 cm³/mol. The zero-order valence-electron chi connectivity index (χ0n) is 14.3. The number of nitrogens with one attached hydrogen (secondary N) is 1. The number of fused-ring (bicyclic) bond motifs is 1. The summed E-state index contributed by atoms with van der Waals surface area (Å²) in [5.41, 5.74) is 1.58. The lowest BCUT2D eigenvalue weighted by molar-refractivity contribution is -0.142. The van der Waals surface area contributed by atoms with Gasteiger partial charge in [0.05, 0.1) is 11.8 Å². The third kappa shape index (κ3) is 4.21. The van der Waals surface area contributed by atoms with Gasteiger partial charge in [0.1, 0.15) is 16.8 Å². The van der Waals surface area contributed by atoms with E-state index in [1.54, 1.807) is 12.1 Å². The van der Waals surface area contributed by atoms with E-state index in [-0.39, 0.29) is 0 Å². The Labute approximate surface area is 155 Å². The van der Waals surface area contributed by atoms with Gasteiger partial charge in [0.25, 0.3) is 5.91 Å². The van der Waals surface area contributed by atoms with Crippen molar-refractivity contribution >= 4 is 34.3 Å². The molecule has 1 N–H and O–H groups in total. The van der Waals surface area contributed by atoms with Gasteiger partial charge in [-0.3, -0.25) is 4.79 Å². The van der Waals surface area contributed by atoms with Crippen molar-refractivity contribution in [1.29, 1.82) is 5.26 Å². The second-order valence-electron chi connectivity index (χ2n) is 6.17. The molecule has 1 amide bonds. The van der Waals surface area contributed by atoms with Gasteiger partial charge in [-0.05, 0) is 49.0 Å². The Morgan fingerprint density at radius 1 is 1.54 bits per heavy atom. The first kappa shape index (κ1) is 18.0. The lowest BCUT2D eigenvalue weighted by Gasteiger charge is -2.17. The van der Waals surface area contributed by atoms with E-state index in [9.17, 15) is 14.9 Å². The number of rotatable bonds is 5. The van der Waals surface area contributed by atoms with Crippen molar-refractivity contribution in [3.63, 3.8) is 0 Å². The number of esters is 1. The third-order valence-corrected chi connectivity index (χ3v) is 5.32. The van der Waals surface area contributed by atoms with E-state index in [1.807, 2.05) is 0 Å². The average molecular weight is 370 g/mol. The highest BCUT2D eigenvalue weighted by Crippen LogP contribution is 2.39. The molecule has 0 saturated heterocycles. The molecule has 2 aromatic rings. The Kier molecular flexibility index (Phi) is 5.54. The average Bonchev–Trinajstić information content (AvgIpc) is 3.24. The standard InChI is InChI=1S/C19H18N2O4S/c1-12-4-6-14-15(10-20)19(26-16(14)9-12)21-17(22)11-25-18(23)7-5-13-3-2-8-24-13/h2-3,5,7-8,12H,4,6,9,11H2,1H3,(H,21,22)/b7-5+/t12-/m0/s1. The topological polar surface area (TPSA) is 92.3 Å². The predicted octanol–water partition coefficient (Wildman–Crippen LogP) is 3.53. The highest BCUT2D eigenvalue weighted by atomic mass is 32.1. The zero-order chi connectivity index (χ0) is 18.5. The monoisotopic (exact) mass is 370 g/mol. The van der Waals surface area contributed by atoms with Crippen molar-refractivity contribution in [2.45, 2.75) is 26.2 Å². The van der Waals surface area contributed by atoms with E-state index in [2.05, 4.69) is 18.3 Å². The summed E-state index contributed by atoms with van der Waals surface area (Å²) < 4.78 is 9.97. The Bertz CT molecular complexity index is 874. The molecule has 0 spiro atoms. The van der Waals surface area contributed by atoms with Gasteiger partial charge >= 0.3 is 5.97 Å². The molecular weight excluding hydrogens is 352 g/mol. The molecule has 0 unspecified atom stereocenters. The molecule has 0 aromatic carbocycles. The molecule has 1 aliphatic rings. The summed E-state index contributed by atoms with van der Waals surface area (Å²) in [5.74, 6) is -0.00847.